The van der Waals surface area contributed by atoms with Crippen molar-refractivity contribution in [2.45, 2.75) is 51.3 Å². The predicted octanol–water partition coefficient (Wildman–Crippen LogP) is 4.25. The normalized spacial score (nSPS) is 14.6. The molecular weight excluding hydrogens is 400 g/mol. The highest BCUT2D eigenvalue weighted by molar-refractivity contribution is 7.89. The zero-order valence-corrected chi connectivity index (χ0v) is 18.7. The fourth-order valence-corrected chi connectivity index (χ4v) is 5.46. The lowest BCUT2D eigenvalue weighted by Crippen LogP contribution is -2.28. The van der Waals surface area contributed by atoms with Gasteiger partial charge in [0.05, 0.1) is 6.61 Å². The van der Waals surface area contributed by atoms with Crippen LogP contribution in [0.1, 0.15) is 55.1 Å². The lowest BCUT2D eigenvalue weighted by Gasteiger charge is -2.19. The lowest BCUT2D eigenvalue weighted by atomic mass is 10.0. The van der Waals surface area contributed by atoms with Gasteiger partial charge in [-0.3, -0.25) is 4.79 Å². The van der Waals surface area contributed by atoms with Gasteiger partial charge in [-0.15, -0.1) is 0 Å². The molecule has 0 atom stereocenters. The summed E-state index contributed by atoms with van der Waals surface area (Å²) in [6.07, 6.45) is 3.27. The standard InChI is InChI=1S/C23H30N2O4S/c1-4-17-10-9-11-18(5-2)22(17)24-23(26)19-12-13-20(29-6-3)21(16-19)30(27,28)25-14-7-8-15-25/h9-13,16H,4-8,14-15H2,1-3H3,(H,24,26). The number of hydrogen-bond acceptors (Lipinski definition) is 4. The summed E-state index contributed by atoms with van der Waals surface area (Å²) in [7, 11) is -3.72. The predicted molar refractivity (Wildman–Crippen MR) is 119 cm³/mol. The van der Waals surface area contributed by atoms with Gasteiger partial charge in [-0.05, 0) is 61.9 Å². The number of benzene rings is 2. The molecule has 0 aliphatic carbocycles. The minimum absolute atomic E-state index is 0.0541. The monoisotopic (exact) mass is 430 g/mol. The Kier molecular flexibility index (Phi) is 7.15. The third-order valence-corrected chi connectivity index (χ3v) is 7.35. The van der Waals surface area contributed by atoms with Crippen molar-refractivity contribution in [1.29, 1.82) is 0 Å². The first-order valence-corrected chi connectivity index (χ1v) is 12.0. The molecule has 0 aromatic heterocycles. The van der Waals surface area contributed by atoms with Crippen LogP contribution in [0.4, 0.5) is 5.69 Å². The molecule has 2 aromatic rings. The Morgan fingerprint density at radius 1 is 1.03 bits per heavy atom. The molecule has 0 saturated carbocycles. The van der Waals surface area contributed by atoms with E-state index < -0.39 is 10.0 Å². The molecule has 6 nitrogen and oxygen atoms in total. The van der Waals surface area contributed by atoms with E-state index in [1.54, 1.807) is 19.1 Å². The van der Waals surface area contributed by atoms with Crippen molar-refractivity contribution in [2.24, 2.45) is 0 Å². The van der Waals surface area contributed by atoms with Crippen molar-refractivity contribution < 1.29 is 17.9 Å². The number of nitrogens with one attached hydrogen (secondary N) is 1. The number of hydrogen-bond donors (Lipinski definition) is 1. The second-order valence-corrected chi connectivity index (χ2v) is 9.22. The second-order valence-electron chi connectivity index (χ2n) is 7.32. The number of anilines is 1. The molecule has 162 valence electrons. The van der Waals surface area contributed by atoms with E-state index in [0.717, 1.165) is 42.5 Å². The van der Waals surface area contributed by atoms with Crippen LogP contribution in [0.2, 0.25) is 0 Å². The number of amides is 1. The number of nitrogens with zero attached hydrogens (tertiary/aromatic N) is 1. The Morgan fingerprint density at radius 3 is 2.23 bits per heavy atom. The Bertz CT molecular complexity index is 990. The van der Waals surface area contributed by atoms with E-state index in [0.29, 0.717) is 25.3 Å². The average molecular weight is 431 g/mol. The number of ether oxygens (including phenoxy) is 1. The van der Waals surface area contributed by atoms with Crippen LogP contribution in [-0.2, 0) is 22.9 Å². The van der Waals surface area contributed by atoms with E-state index in [1.165, 1.54) is 10.4 Å². The van der Waals surface area contributed by atoms with Crippen LogP contribution >= 0.6 is 0 Å². The van der Waals surface area contributed by atoms with E-state index in [-0.39, 0.29) is 16.6 Å². The summed E-state index contributed by atoms with van der Waals surface area (Å²) in [4.78, 5) is 13.1. The van der Waals surface area contributed by atoms with Crippen LogP contribution < -0.4 is 10.1 Å². The largest absolute Gasteiger partial charge is 0.492 e. The van der Waals surface area contributed by atoms with Gasteiger partial charge in [0.2, 0.25) is 10.0 Å². The fraction of sp³-hybridized carbons (Fsp3) is 0.435. The molecule has 1 fully saturated rings. The molecule has 0 bridgehead atoms. The van der Waals surface area contributed by atoms with Crippen LogP contribution in [0, 0.1) is 0 Å². The molecule has 3 rings (SSSR count). The number of sulfonamides is 1. The summed E-state index contributed by atoms with van der Waals surface area (Å²) in [6, 6.07) is 10.6. The highest BCUT2D eigenvalue weighted by Gasteiger charge is 2.31. The minimum Gasteiger partial charge on any atom is -0.492 e. The van der Waals surface area contributed by atoms with Gasteiger partial charge in [0, 0.05) is 24.3 Å². The first-order chi connectivity index (χ1) is 14.4. The van der Waals surface area contributed by atoms with Crippen molar-refractivity contribution in [1.82, 2.24) is 4.31 Å². The van der Waals surface area contributed by atoms with Gasteiger partial charge in [-0.1, -0.05) is 32.0 Å². The smallest absolute Gasteiger partial charge is 0.255 e. The third kappa shape index (κ3) is 4.52. The molecule has 1 aliphatic heterocycles. The Labute approximate surface area is 179 Å². The molecule has 1 N–H and O–H groups in total. The first-order valence-electron chi connectivity index (χ1n) is 10.6. The maximum Gasteiger partial charge on any atom is 0.255 e. The molecule has 1 amide bonds. The van der Waals surface area contributed by atoms with Crippen molar-refractivity contribution in [2.75, 3.05) is 25.0 Å². The molecular formula is C23H30N2O4S. The summed E-state index contributed by atoms with van der Waals surface area (Å²) >= 11 is 0. The van der Waals surface area contributed by atoms with Gasteiger partial charge < -0.3 is 10.1 Å². The molecule has 0 radical (unpaired) electrons. The van der Waals surface area contributed by atoms with Crippen molar-refractivity contribution in [3.05, 3.63) is 53.1 Å². The fourth-order valence-electron chi connectivity index (χ4n) is 3.78. The van der Waals surface area contributed by atoms with Gasteiger partial charge in [0.25, 0.3) is 5.91 Å². The van der Waals surface area contributed by atoms with Gasteiger partial charge in [-0.25, -0.2) is 8.42 Å². The number of aryl methyl sites for hydroxylation is 2. The highest BCUT2D eigenvalue weighted by atomic mass is 32.2. The van der Waals surface area contributed by atoms with Crippen molar-refractivity contribution >= 4 is 21.6 Å². The van der Waals surface area contributed by atoms with E-state index in [9.17, 15) is 13.2 Å². The van der Waals surface area contributed by atoms with Gasteiger partial charge in [0.15, 0.2) is 0 Å². The average Bonchev–Trinajstić information content (AvgIpc) is 3.30. The molecule has 7 heteroatoms. The van der Waals surface area contributed by atoms with Gasteiger partial charge >= 0.3 is 0 Å². The van der Waals surface area contributed by atoms with Crippen LogP contribution in [0.15, 0.2) is 41.3 Å². The maximum absolute atomic E-state index is 13.2. The molecule has 2 aromatic carbocycles. The number of para-hydroxylation sites is 1. The summed E-state index contributed by atoms with van der Waals surface area (Å²) in [6.45, 7) is 7.23. The van der Waals surface area contributed by atoms with E-state index >= 15 is 0 Å². The molecule has 1 saturated heterocycles. The Balaban J connectivity index is 1.98. The van der Waals surface area contributed by atoms with Crippen LogP contribution in [0.25, 0.3) is 0 Å². The summed E-state index contributed by atoms with van der Waals surface area (Å²) in [5, 5.41) is 3.01. The molecule has 1 heterocycles. The minimum atomic E-state index is -3.72. The maximum atomic E-state index is 13.2. The van der Waals surface area contributed by atoms with E-state index in [4.69, 9.17) is 4.74 Å². The SMILES string of the molecule is CCOc1ccc(C(=O)Nc2c(CC)cccc2CC)cc1S(=O)(=O)N1CCCC1. The molecule has 0 unspecified atom stereocenters. The Hall–Kier alpha value is -2.38. The summed E-state index contributed by atoms with van der Waals surface area (Å²) in [5.74, 6) is -0.0457. The first kappa shape index (κ1) is 22.3. The quantitative estimate of drug-likeness (QED) is 0.679. The van der Waals surface area contributed by atoms with Crippen LogP contribution in [0.3, 0.4) is 0 Å². The van der Waals surface area contributed by atoms with Gasteiger partial charge in [0.1, 0.15) is 10.6 Å². The zero-order valence-electron chi connectivity index (χ0n) is 17.9. The van der Waals surface area contributed by atoms with Crippen molar-refractivity contribution in [3.8, 4) is 5.75 Å². The third-order valence-electron chi connectivity index (χ3n) is 5.43. The summed E-state index contributed by atoms with van der Waals surface area (Å²) < 4.78 is 33.4. The molecule has 1 aliphatic rings. The number of rotatable bonds is 8. The second kappa shape index (κ2) is 9.62. The highest BCUT2D eigenvalue weighted by Crippen LogP contribution is 2.31. The zero-order chi connectivity index (χ0) is 21.7. The number of carbonyl (C=O) groups excluding carboxylic acids is 1. The van der Waals surface area contributed by atoms with Gasteiger partial charge in [-0.2, -0.15) is 4.31 Å². The van der Waals surface area contributed by atoms with E-state index in [2.05, 4.69) is 5.32 Å². The molecule has 30 heavy (non-hydrogen) atoms. The lowest BCUT2D eigenvalue weighted by molar-refractivity contribution is 0.102. The molecule has 0 spiro atoms. The number of carbonyl (C=O) groups is 1. The Morgan fingerprint density at radius 2 is 1.67 bits per heavy atom. The summed E-state index contributed by atoms with van der Waals surface area (Å²) in [5.41, 5.74) is 3.21. The topological polar surface area (TPSA) is 75.7 Å². The van der Waals surface area contributed by atoms with Crippen molar-refractivity contribution in [3.63, 3.8) is 0 Å². The van der Waals surface area contributed by atoms with Crippen LogP contribution in [0.5, 0.6) is 5.75 Å². The van der Waals surface area contributed by atoms with Crippen LogP contribution in [-0.4, -0.2) is 38.3 Å². The van der Waals surface area contributed by atoms with E-state index in [1.807, 2.05) is 32.0 Å².